The molecule has 0 aliphatic rings. The molecule has 0 aliphatic carbocycles. The van der Waals surface area contributed by atoms with Gasteiger partial charge in [-0.15, -0.1) is 0 Å². The molecule has 0 aliphatic heterocycles. The van der Waals surface area contributed by atoms with Crippen LogP contribution in [0.25, 0.3) is 10.8 Å². The second-order valence-electron chi connectivity index (χ2n) is 5.82. The Hall–Kier alpha value is -3.48. The topological polar surface area (TPSA) is 78.8 Å². The number of amides is 1. The van der Waals surface area contributed by atoms with Crippen molar-refractivity contribution in [2.24, 2.45) is 0 Å². The molecule has 1 aromatic heterocycles. The lowest BCUT2D eigenvalue weighted by Gasteiger charge is -2.12. The Balaban J connectivity index is 1.82. The van der Waals surface area contributed by atoms with Crippen molar-refractivity contribution in [2.75, 3.05) is 26.6 Å². The van der Waals surface area contributed by atoms with Gasteiger partial charge in [-0.3, -0.25) is 9.59 Å². The summed E-state index contributed by atoms with van der Waals surface area (Å²) in [5, 5.41) is 4.03. The summed E-state index contributed by atoms with van der Waals surface area (Å²) in [5.74, 6) is 1.42. The van der Waals surface area contributed by atoms with Crippen LogP contribution in [0.2, 0.25) is 0 Å². The fourth-order valence-electron chi connectivity index (χ4n) is 2.76. The van der Waals surface area contributed by atoms with Crippen molar-refractivity contribution in [1.82, 2.24) is 4.57 Å². The van der Waals surface area contributed by atoms with Crippen LogP contribution in [0.15, 0.2) is 53.5 Å². The number of pyridine rings is 1. The number of hydrogen-bond donors (Lipinski definition) is 1. The summed E-state index contributed by atoms with van der Waals surface area (Å²) in [6.07, 6.45) is 1.59. The van der Waals surface area contributed by atoms with Gasteiger partial charge in [0.25, 0.3) is 5.56 Å². The summed E-state index contributed by atoms with van der Waals surface area (Å²) in [6.45, 7) is -0.115. The number of hydrogen-bond acceptors (Lipinski definition) is 5. The Morgan fingerprint density at radius 1 is 0.963 bits per heavy atom. The number of ether oxygens (including phenoxy) is 3. The van der Waals surface area contributed by atoms with Crippen molar-refractivity contribution in [3.8, 4) is 17.2 Å². The summed E-state index contributed by atoms with van der Waals surface area (Å²) in [7, 11) is 4.63. The Bertz CT molecular complexity index is 1040. The van der Waals surface area contributed by atoms with Gasteiger partial charge in [-0.25, -0.2) is 0 Å². The van der Waals surface area contributed by atoms with Gasteiger partial charge < -0.3 is 24.1 Å². The molecule has 0 unspecified atom stereocenters. The highest BCUT2D eigenvalue weighted by Gasteiger charge is 2.11. The molecule has 3 rings (SSSR count). The molecule has 3 aromatic rings. The van der Waals surface area contributed by atoms with E-state index in [0.717, 1.165) is 5.39 Å². The van der Waals surface area contributed by atoms with Crippen LogP contribution in [0.4, 0.5) is 5.69 Å². The van der Waals surface area contributed by atoms with Crippen molar-refractivity contribution in [2.45, 2.75) is 6.54 Å². The number of benzene rings is 2. The van der Waals surface area contributed by atoms with E-state index in [1.54, 1.807) is 62.9 Å². The molecule has 0 fully saturated rings. The molecule has 0 spiro atoms. The molecular weight excluding hydrogens is 348 g/mol. The summed E-state index contributed by atoms with van der Waals surface area (Å²) in [4.78, 5) is 25.0. The molecule has 7 nitrogen and oxygen atoms in total. The highest BCUT2D eigenvalue weighted by Crippen LogP contribution is 2.29. The average molecular weight is 368 g/mol. The lowest BCUT2D eigenvalue weighted by atomic mass is 10.1. The van der Waals surface area contributed by atoms with Crippen molar-refractivity contribution >= 4 is 22.4 Å². The predicted molar refractivity (Wildman–Crippen MR) is 103 cm³/mol. The normalized spacial score (nSPS) is 10.5. The highest BCUT2D eigenvalue weighted by molar-refractivity contribution is 5.92. The quantitative estimate of drug-likeness (QED) is 0.724. The van der Waals surface area contributed by atoms with Crippen LogP contribution >= 0.6 is 0 Å². The molecule has 140 valence electrons. The first-order chi connectivity index (χ1) is 13.0. The van der Waals surface area contributed by atoms with E-state index in [0.29, 0.717) is 28.3 Å². The van der Waals surface area contributed by atoms with Crippen LogP contribution in [0.3, 0.4) is 0 Å². The molecule has 27 heavy (non-hydrogen) atoms. The molecule has 1 heterocycles. The Morgan fingerprint density at radius 3 is 2.37 bits per heavy atom. The zero-order valence-corrected chi connectivity index (χ0v) is 15.3. The zero-order valence-electron chi connectivity index (χ0n) is 15.3. The van der Waals surface area contributed by atoms with Gasteiger partial charge >= 0.3 is 0 Å². The van der Waals surface area contributed by atoms with Gasteiger partial charge in [0.15, 0.2) is 0 Å². The summed E-state index contributed by atoms with van der Waals surface area (Å²) in [5.41, 5.74) is 0.258. The first-order valence-electron chi connectivity index (χ1n) is 8.25. The van der Waals surface area contributed by atoms with E-state index in [1.165, 1.54) is 11.7 Å². The van der Waals surface area contributed by atoms with Gasteiger partial charge in [0, 0.05) is 17.6 Å². The largest absolute Gasteiger partial charge is 0.497 e. The van der Waals surface area contributed by atoms with Gasteiger partial charge in [-0.1, -0.05) is 0 Å². The van der Waals surface area contributed by atoms with Crippen LogP contribution in [0, 0.1) is 0 Å². The number of methoxy groups -OCH3 is 3. The summed E-state index contributed by atoms with van der Waals surface area (Å²) >= 11 is 0. The zero-order chi connectivity index (χ0) is 19.4. The Morgan fingerprint density at radius 2 is 1.67 bits per heavy atom. The minimum absolute atomic E-state index is 0.115. The van der Waals surface area contributed by atoms with E-state index in [2.05, 4.69) is 5.32 Å². The first kappa shape index (κ1) is 18.3. The lowest BCUT2D eigenvalue weighted by Crippen LogP contribution is -2.27. The monoisotopic (exact) mass is 368 g/mol. The second kappa shape index (κ2) is 7.82. The van der Waals surface area contributed by atoms with Crippen LogP contribution in [0.1, 0.15) is 0 Å². The van der Waals surface area contributed by atoms with Crippen molar-refractivity contribution < 1.29 is 19.0 Å². The van der Waals surface area contributed by atoms with Gasteiger partial charge in [0.05, 0.1) is 27.0 Å². The number of aromatic nitrogens is 1. The number of anilines is 1. The fraction of sp³-hybridized carbons (Fsp3) is 0.200. The predicted octanol–water partition coefficient (Wildman–Crippen LogP) is 2.67. The van der Waals surface area contributed by atoms with Gasteiger partial charge in [-0.2, -0.15) is 0 Å². The van der Waals surface area contributed by atoms with Crippen molar-refractivity contribution in [1.29, 1.82) is 0 Å². The molecule has 0 bridgehead atoms. The van der Waals surface area contributed by atoms with Gasteiger partial charge in [0.2, 0.25) is 5.91 Å². The molecule has 0 saturated carbocycles. The van der Waals surface area contributed by atoms with Gasteiger partial charge in [-0.05, 0) is 41.8 Å². The third kappa shape index (κ3) is 3.87. The fourth-order valence-corrected chi connectivity index (χ4v) is 2.76. The van der Waals surface area contributed by atoms with E-state index in [9.17, 15) is 9.59 Å². The molecule has 0 radical (unpaired) electrons. The number of rotatable bonds is 6. The summed E-state index contributed by atoms with van der Waals surface area (Å²) < 4.78 is 16.9. The van der Waals surface area contributed by atoms with Gasteiger partial charge in [0.1, 0.15) is 23.8 Å². The smallest absolute Gasteiger partial charge is 0.258 e. The number of nitrogens with zero attached hydrogens (tertiary/aromatic N) is 1. The second-order valence-corrected chi connectivity index (χ2v) is 5.82. The molecule has 7 heteroatoms. The first-order valence-corrected chi connectivity index (χ1v) is 8.25. The highest BCUT2D eigenvalue weighted by atomic mass is 16.5. The maximum absolute atomic E-state index is 12.6. The number of fused-ring (bicyclic) bond motifs is 1. The van der Waals surface area contributed by atoms with E-state index < -0.39 is 0 Å². The summed E-state index contributed by atoms with van der Waals surface area (Å²) in [6, 6.07) is 12.0. The Kier molecular flexibility index (Phi) is 5.30. The molecule has 1 amide bonds. The van der Waals surface area contributed by atoms with Crippen LogP contribution in [-0.4, -0.2) is 31.8 Å². The van der Waals surface area contributed by atoms with E-state index in [1.807, 2.05) is 0 Å². The minimum atomic E-state index is -0.339. The maximum atomic E-state index is 12.6. The van der Waals surface area contributed by atoms with Crippen molar-refractivity contribution in [3.63, 3.8) is 0 Å². The lowest BCUT2D eigenvalue weighted by molar-refractivity contribution is -0.116. The molecule has 2 aromatic carbocycles. The third-order valence-corrected chi connectivity index (χ3v) is 4.18. The Labute approximate surface area is 156 Å². The maximum Gasteiger partial charge on any atom is 0.258 e. The van der Waals surface area contributed by atoms with E-state index in [-0.39, 0.29) is 18.0 Å². The molecule has 0 atom stereocenters. The van der Waals surface area contributed by atoms with E-state index >= 15 is 0 Å². The van der Waals surface area contributed by atoms with Crippen LogP contribution in [0.5, 0.6) is 17.2 Å². The SMILES string of the molecule is COc1ccc(NC(=O)Cn2ccc3cc(OC)ccc3c2=O)c(OC)c1. The van der Waals surface area contributed by atoms with Crippen molar-refractivity contribution in [3.05, 3.63) is 59.0 Å². The number of carbonyl (C=O) groups excluding carboxylic acids is 1. The molecule has 0 saturated heterocycles. The van der Waals surface area contributed by atoms with Crippen LogP contribution in [-0.2, 0) is 11.3 Å². The standard InChI is InChI=1S/C20H20N2O5/c1-25-14-4-6-16-13(10-14)8-9-22(20(16)24)12-19(23)21-17-7-5-15(26-2)11-18(17)27-3/h4-11H,12H2,1-3H3,(H,21,23). The minimum Gasteiger partial charge on any atom is -0.497 e. The van der Waals surface area contributed by atoms with Crippen LogP contribution < -0.4 is 25.1 Å². The average Bonchev–Trinajstić information content (AvgIpc) is 2.70. The number of carbonyl (C=O) groups is 1. The number of nitrogens with one attached hydrogen (secondary N) is 1. The third-order valence-electron chi connectivity index (χ3n) is 4.18. The molecular formula is C20H20N2O5. The molecule has 1 N–H and O–H groups in total. The van der Waals surface area contributed by atoms with E-state index in [4.69, 9.17) is 14.2 Å².